The van der Waals surface area contributed by atoms with E-state index in [1.165, 1.54) is 23.5 Å². The Hall–Kier alpha value is -2.55. The zero-order chi connectivity index (χ0) is 19.5. The van der Waals surface area contributed by atoms with E-state index in [1.807, 2.05) is 0 Å². The van der Waals surface area contributed by atoms with Crippen LogP contribution in [0.25, 0.3) is 0 Å². The fraction of sp³-hybridized carbons (Fsp3) is 0.474. The van der Waals surface area contributed by atoms with Gasteiger partial charge in [0.25, 0.3) is 0 Å². The maximum Gasteiger partial charge on any atom is 0.228 e. The van der Waals surface area contributed by atoms with Gasteiger partial charge < -0.3 is 10.2 Å². The number of carbonyl (C=O) groups is 2. The summed E-state index contributed by atoms with van der Waals surface area (Å²) in [5.41, 5.74) is 0.867. The first-order valence-electron chi connectivity index (χ1n) is 9.51. The highest BCUT2D eigenvalue weighted by Gasteiger charge is 2.29. The Labute approximate surface area is 166 Å². The lowest BCUT2D eigenvalue weighted by Gasteiger charge is -2.31. The smallest absolute Gasteiger partial charge is 0.228 e. The second kappa shape index (κ2) is 8.22. The number of hydrogen-bond acceptors (Lipinski definition) is 6. The molecular weight excluding hydrogens is 381 g/mol. The molecule has 28 heavy (non-hydrogen) atoms. The number of aromatic nitrogens is 2. The third-order valence-corrected chi connectivity index (χ3v) is 6.16. The Morgan fingerprint density at radius 1 is 1.18 bits per heavy atom. The summed E-state index contributed by atoms with van der Waals surface area (Å²) in [5, 5.41) is 12.8. The third-order valence-electron chi connectivity index (χ3n) is 5.15. The minimum atomic E-state index is -0.287. The molecule has 9 heteroatoms. The van der Waals surface area contributed by atoms with Crippen molar-refractivity contribution in [2.24, 2.45) is 5.92 Å². The first-order chi connectivity index (χ1) is 13.6. The largest absolute Gasteiger partial charge is 0.352 e. The molecular formula is C19H22FN5O2S. The van der Waals surface area contributed by atoms with Gasteiger partial charge in [-0.3, -0.25) is 14.5 Å². The number of hydrogen-bond donors (Lipinski definition) is 1. The van der Waals surface area contributed by atoms with Gasteiger partial charge in [-0.1, -0.05) is 23.5 Å². The summed E-state index contributed by atoms with van der Waals surface area (Å²) in [6.07, 6.45) is 3.14. The number of anilines is 2. The highest BCUT2D eigenvalue weighted by molar-refractivity contribution is 7.19. The summed E-state index contributed by atoms with van der Waals surface area (Å²) in [6, 6.07) is 6.13. The molecule has 3 heterocycles. The summed E-state index contributed by atoms with van der Waals surface area (Å²) in [6.45, 7) is 2.49. The number of nitrogens with one attached hydrogen (secondary N) is 1. The molecule has 1 aromatic carbocycles. The second-order valence-corrected chi connectivity index (χ2v) is 8.08. The molecule has 7 nitrogen and oxygen atoms in total. The van der Waals surface area contributed by atoms with Gasteiger partial charge in [0.2, 0.25) is 22.1 Å². The Balaban J connectivity index is 1.35. The van der Waals surface area contributed by atoms with Crippen LogP contribution in [-0.4, -0.2) is 41.6 Å². The van der Waals surface area contributed by atoms with E-state index in [-0.39, 0.29) is 23.5 Å². The quantitative estimate of drug-likeness (QED) is 0.829. The minimum absolute atomic E-state index is 0.00603. The first kappa shape index (κ1) is 18.8. The van der Waals surface area contributed by atoms with Crippen LogP contribution in [0.15, 0.2) is 24.3 Å². The summed E-state index contributed by atoms with van der Waals surface area (Å²) < 4.78 is 13.0. The van der Waals surface area contributed by atoms with Gasteiger partial charge in [0.05, 0.1) is 5.92 Å². The number of rotatable bonds is 5. The molecule has 0 bridgehead atoms. The average Bonchev–Trinajstić information content (AvgIpc) is 3.36. The molecule has 0 unspecified atom stereocenters. The standard InChI is InChI=1S/C19H22FN5O2S/c20-15-7-5-13(6-8-15)11-21-17(27)14-3-1-9-24(12-14)18-22-23-19(28-18)25-10-2-4-16(25)26/h5-8,14H,1-4,9-12H2,(H,21,27)/t14-/m0/s1. The number of nitrogens with zero attached hydrogens (tertiary/aromatic N) is 4. The molecule has 0 aliphatic carbocycles. The van der Waals surface area contributed by atoms with Gasteiger partial charge >= 0.3 is 0 Å². The lowest BCUT2D eigenvalue weighted by atomic mass is 9.97. The van der Waals surface area contributed by atoms with Gasteiger partial charge in [-0.05, 0) is 37.0 Å². The molecule has 2 aliphatic heterocycles. The number of benzene rings is 1. The maximum absolute atomic E-state index is 13.0. The number of piperidine rings is 1. The molecule has 0 saturated carbocycles. The van der Waals surface area contributed by atoms with E-state index in [4.69, 9.17) is 0 Å². The van der Waals surface area contributed by atoms with E-state index in [9.17, 15) is 14.0 Å². The molecule has 1 aromatic heterocycles. The van der Waals surface area contributed by atoms with Crippen molar-refractivity contribution >= 4 is 33.4 Å². The Bertz CT molecular complexity index is 856. The van der Waals surface area contributed by atoms with E-state index in [2.05, 4.69) is 20.4 Å². The molecule has 1 atom stereocenters. The van der Waals surface area contributed by atoms with Gasteiger partial charge in [0.15, 0.2) is 0 Å². The highest BCUT2D eigenvalue weighted by atomic mass is 32.1. The summed E-state index contributed by atoms with van der Waals surface area (Å²) in [5.74, 6) is -0.326. The average molecular weight is 403 g/mol. The predicted octanol–water partition coefficient (Wildman–Crippen LogP) is 2.34. The Morgan fingerprint density at radius 3 is 2.71 bits per heavy atom. The van der Waals surface area contributed by atoms with Crippen LogP contribution < -0.4 is 15.1 Å². The fourth-order valence-electron chi connectivity index (χ4n) is 3.60. The van der Waals surface area contributed by atoms with Crippen molar-refractivity contribution in [1.82, 2.24) is 15.5 Å². The van der Waals surface area contributed by atoms with Crippen LogP contribution in [-0.2, 0) is 16.1 Å². The Kier molecular flexibility index (Phi) is 5.52. The van der Waals surface area contributed by atoms with Crippen molar-refractivity contribution in [2.75, 3.05) is 29.4 Å². The summed E-state index contributed by atoms with van der Waals surface area (Å²) in [4.78, 5) is 28.2. The van der Waals surface area contributed by atoms with Crippen molar-refractivity contribution in [3.05, 3.63) is 35.6 Å². The van der Waals surface area contributed by atoms with E-state index >= 15 is 0 Å². The predicted molar refractivity (Wildman–Crippen MR) is 105 cm³/mol. The molecule has 0 radical (unpaired) electrons. The number of amides is 2. The molecule has 0 spiro atoms. The van der Waals surface area contributed by atoms with Crippen molar-refractivity contribution in [3.8, 4) is 0 Å². The zero-order valence-corrected chi connectivity index (χ0v) is 16.3. The van der Waals surface area contributed by atoms with Crippen LogP contribution in [0.4, 0.5) is 14.7 Å². The molecule has 2 amide bonds. The van der Waals surface area contributed by atoms with Gasteiger partial charge in [0.1, 0.15) is 5.82 Å². The summed E-state index contributed by atoms with van der Waals surface area (Å²) >= 11 is 1.41. The minimum Gasteiger partial charge on any atom is -0.352 e. The van der Waals surface area contributed by atoms with E-state index in [1.54, 1.807) is 17.0 Å². The van der Waals surface area contributed by atoms with Crippen LogP contribution in [0.1, 0.15) is 31.2 Å². The monoisotopic (exact) mass is 403 g/mol. The number of halogens is 1. The Morgan fingerprint density at radius 2 is 1.96 bits per heavy atom. The zero-order valence-electron chi connectivity index (χ0n) is 15.4. The molecule has 2 saturated heterocycles. The molecule has 2 aliphatic rings. The van der Waals surface area contributed by atoms with Crippen LogP contribution in [0.2, 0.25) is 0 Å². The molecule has 2 aromatic rings. The highest BCUT2D eigenvalue weighted by Crippen LogP contribution is 2.32. The van der Waals surface area contributed by atoms with E-state index in [0.717, 1.165) is 36.5 Å². The lowest BCUT2D eigenvalue weighted by Crippen LogP contribution is -2.43. The van der Waals surface area contributed by atoms with Gasteiger partial charge in [-0.25, -0.2) is 4.39 Å². The third kappa shape index (κ3) is 4.14. The SMILES string of the molecule is O=C(NCc1ccc(F)cc1)[C@H]1CCCN(c2nnc(N3CCCC3=O)s2)C1. The lowest BCUT2D eigenvalue weighted by molar-refractivity contribution is -0.125. The maximum atomic E-state index is 13.0. The fourth-order valence-corrected chi connectivity index (χ4v) is 4.52. The molecule has 2 fully saturated rings. The molecule has 4 rings (SSSR count). The van der Waals surface area contributed by atoms with Gasteiger partial charge in [-0.2, -0.15) is 0 Å². The van der Waals surface area contributed by atoms with Crippen molar-refractivity contribution in [1.29, 1.82) is 0 Å². The second-order valence-electron chi connectivity index (χ2n) is 7.15. The van der Waals surface area contributed by atoms with Gasteiger partial charge in [-0.15, -0.1) is 10.2 Å². The van der Waals surface area contributed by atoms with Crippen LogP contribution in [0, 0.1) is 11.7 Å². The van der Waals surface area contributed by atoms with Crippen LogP contribution >= 0.6 is 11.3 Å². The summed E-state index contributed by atoms with van der Waals surface area (Å²) in [7, 11) is 0. The number of carbonyl (C=O) groups excluding carboxylic acids is 2. The topological polar surface area (TPSA) is 78.4 Å². The van der Waals surface area contributed by atoms with E-state index in [0.29, 0.717) is 31.2 Å². The molecule has 148 valence electrons. The van der Waals surface area contributed by atoms with Crippen molar-refractivity contribution in [2.45, 2.75) is 32.2 Å². The van der Waals surface area contributed by atoms with Crippen LogP contribution in [0.3, 0.4) is 0 Å². The first-order valence-corrected chi connectivity index (χ1v) is 10.3. The van der Waals surface area contributed by atoms with Gasteiger partial charge in [0, 0.05) is 32.6 Å². The molecule has 1 N–H and O–H groups in total. The van der Waals surface area contributed by atoms with Crippen LogP contribution in [0.5, 0.6) is 0 Å². The van der Waals surface area contributed by atoms with Crippen molar-refractivity contribution < 1.29 is 14.0 Å². The van der Waals surface area contributed by atoms with Crippen molar-refractivity contribution in [3.63, 3.8) is 0 Å². The van der Waals surface area contributed by atoms with E-state index < -0.39 is 0 Å². The normalized spacial score (nSPS) is 19.9.